The lowest BCUT2D eigenvalue weighted by Gasteiger charge is -2.60. The molecule has 1 saturated heterocycles. The van der Waals surface area contributed by atoms with E-state index in [4.69, 9.17) is 16.3 Å². The molecule has 3 aliphatic rings. The number of nitrogens with zero attached hydrogens (tertiary/aromatic N) is 1. The van der Waals surface area contributed by atoms with E-state index in [-0.39, 0.29) is 52.2 Å². The van der Waals surface area contributed by atoms with Gasteiger partial charge in [-0.15, -0.1) is 0 Å². The number of methoxy groups -OCH3 is 1. The minimum Gasteiger partial charge on any atom is -0.497 e. The number of rotatable bonds is 3. The lowest BCUT2D eigenvalue weighted by Crippen LogP contribution is -2.66. The molecule has 1 aliphatic heterocycles. The fourth-order valence-electron chi connectivity index (χ4n) is 7.27. The van der Waals surface area contributed by atoms with Crippen LogP contribution in [0.5, 0.6) is 5.75 Å². The number of benzene rings is 2. The van der Waals surface area contributed by atoms with Gasteiger partial charge in [-0.2, -0.15) is 0 Å². The second-order valence-corrected chi connectivity index (χ2v) is 12.8. The van der Waals surface area contributed by atoms with Crippen LogP contribution in [0, 0.1) is 22.7 Å². The molecule has 2 saturated carbocycles. The molecule has 4 unspecified atom stereocenters. The van der Waals surface area contributed by atoms with Crippen molar-refractivity contribution in [1.29, 1.82) is 0 Å². The van der Waals surface area contributed by atoms with E-state index in [1.165, 1.54) is 0 Å². The van der Waals surface area contributed by atoms with Gasteiger partial charge in [0.1, 0.15) is 17.3 Å². The molecule has 1 heterocycles. The van der Waals surface area contributed by atoms with Crippen LogP contribution < -0.4 is 9.64 Å². The predicted octanol–water partition coefficient (Wildman–Crippen LogP) is 6.70. The number of hydrogen-bond donors (Lipinski definition) is 0. The molecule has 186 valence electrons. The molecule has 0 amide bonds. The molecule has 0 spiro atoms. The number of halogens is 1. The van der Waals surface area contributed by atoms with Crippen molar-refractivity contribution in [2.45, 2.75) is 71.4 Å². The first-order valence-corrected chi connectivity index (χ1v) is 13.1. The molecule has 0 aromatic heterocycles. The minimum atomic E-state index is -0.224. The Hall–Kier alpha value is -2.33. The summed E-state index contributed by atoms with van der Waals surface area (Å²) in [5, 5.41) is 0.671. The van der Waals surface area contributed by atoms with Crippen LogP contribution in [0.3, 0.4) is 0 Å². The minimum absolute atomic E-state index is 0.0308. The van der Waals surface area contributed by atoms with E-state index < -0.39 is 0 Å². The normalized spacial score (nSPS) is 31.5. The van der Waals surface area contributed by atoms with Crippen LogP contribution in [0.25, 0.3) is 0 Å². The van der Waals surface area contributed by atoms with Crippen molar-refractivity contribution in [2.24, 2.45) is 22.7 Å². The maximum absolute atomic E-state index is 13.9. The van der Waals surface area contributed by atoms with Crippen molar-refractivity contribution in [2.75, 3.05) is 12.0 Å². The first kappa shape index (κ1) is 24.4. The van der Waals surface area contributed by atoms with E-state index in [1.807, 2.05) is 36.4 Å². The van der Waals surface area contributed by atoms with Gasteiger partial charge in [0.15, 0.2) is 0 Å². The number of ketones is 2. The third-order valence-electron chi connectivity index (χ3n) is 8.52. The lowest BCUT2D eigenvalue weighted by atomic mass is 9.53. The highest BCUT2D eigenvalue weighted by atomic mass is 35.5. The van der Waals surface area contributed by atoms with Crippen molar-refractivity contribution >= 4 is 28.9 Å². The largest absolute Gasteiger partial charge is 0.497 e. The van der Waals surface area contributed by atoms with Crippen LogP contribution in [0.1, 0.15) is 64.9 Å². The third kappa shape index (κ3) is 4.39. The lowest BCUT2D eigenvalue weighted by molar-refractivity contribution is -0.138. The third-order valence-corrected chi connectivity index (χ3v) is 8.77. The number of hydrogen-bond acceptors (Lipinski definition) is 4. The van der Waals surface area contributed by atoms with Crippen LogP contribution in [-0.2, 0) is 9.59 Å². The van der Waals surface area contributed by atoms with Crippen molar-refractivity contribution < 1.29 is 14.3 Å². The molecule has 5 rings (SSSR count). The Morgan fingerprint density at radius 3 is 1.71 bits per heavy atom. The van der Waals surface area contributed by atoms with Gasteiger partial charge in [0.05, 0.1) is 7.11 Å². The quantitative estimate of drug-likeness (QED) is 0.477. The van der Waals surface area contributed by atoms with Gasteiger partial charge >= 0.3 is 0 Å². The van der Waals surface area contributed by atoms with Crippen LogP contribution >= 0.6 is 11.6 Å². The van der Waals surface area contributed by atoms with Gasteiger partial charge in [0.2, 0.25) is 0 Å². The molecule has 2 aromatic carbocycles. The van der Waals surface area contributed by atoms with Crippen molar-refractivity contribution in [3.8, 4) is 5.75 Å². The summed E-state index contributed by atoms with van der Waals surface area (Å²) < 4.78 is 5.42. The second kappa shape index (κ2) is 8.65. The molecule has 0 bridgehead atoms. The fraction of sp³-hybridized carbons (Fsp3) is 0.533. The second-order valence-electron chi connectivity index (χ2n) is 12.4. The molecule has 2 aromatic rings. The Kier molecular flexibility index (Phi) is 6.03. The van der Waals surface area contributed by atoms with E-state index in [9.17, 15) is 9.59 Å². The molecular weight excluding hydrogens is 458 g/mol. The maximum Gasteiger partial charge on any atom is 0.139 e. The SMILES string of the molecule is COc1ccc(N2C3CC(C)(C)CC(=O)C3C(c3ccc(Cl)cc3)C3C(=O)CC(C)(C)CC32)cc1. The number of ether oxygens (including phenoxy) is 1. The van der Waals surface area contributed by atoms with Gasteiger partial charge < -0.3 is 9.64 Å². The smallest absolute Gasteiger partial charge is 0.139 e. The van der Waals surface area contributed by atoms with Gasteiger partial charge in [0.25, 0.3) is 0 Å². The summed E-state index contributed by atoms with van der Waals surface area (Å²) in [6, 6.07) is 16.1. The number of piperidine rings is 1. The van der Waals surface area contributed by atoms with Gasteiger partial charge in [0, 0.05) is 53.4 Å². The molecule has 35 heavy (non-hydrogen) atoms. The zero-order valence-electron chi connectivity index (χ0n) is 21.4. The summed E-state index contributed by atoms with van der Waals surface area (Å²) in [5.41, 5.74) is 1.96. The van der Waals surface area contributed by atoms with E-state index in [2.05, 4.69) is 44.7 Å². The van der Waals surface area contributed by atoms with Gasteiger partial charge in [-0.25, -0.2) is 0 Å². The fourth-order valence-corrected chi connectivity index (χ4v) is 7.39. The molecule has 2 aliphatic carbocycles. The Morgan fingerprint density at radius 1 is 0.771 bits per heavy atom. The van der Waals surface area contributed by atoms with Gasteiger partial charge in [-0.05, 0) is 65.6 Å². The molecule has 0 radical (unpaired) electrons. The van der Waals surface area contributed by atoms with E-state index in [0.717, 1.165) is 29.8 Å². The number of Topliss-reactive ketones (excluding diaryl/α,β-unsaturated/α-hetero) is 2. The molecule has 5 heteroatoms. The van der Waals surface area contributed by atoms with Crippen LogP contribution in [0.4, 0.5) is 5.69 Å². The Balaban J connectivity index is 1.70. The number of carbonyl (C=O) groups excluding carboxylic acids is 2. The monoisotopic (exact) mass is 493 g/mol. The molecule has 4 nitrogen and oxygen atoms in total. The van der Waals surface area contributed by atoms with Gasteiger partial charge in [-0.3, -0.25) is 9.59 Å². The Morgan fingerprint density at radius 2 is 1.26 bits per heavy atom. The van der Waals surface area contributed by atoms with Crippen molar-refractivity contribution in [1.82, 2.24) is 0 Å². The molecule has 0 N–H and O–H groups in total. The van der Waals surface area contributed by atoms with E-state index in [1.54, 1.807) is 7.11 Å². The Bertz CT molecular complexity index is 1080. The first-order valence-electron chi connectivity index (χ1n) is 12.7. The van der Waals surface area contributed by atoms with Crippen LogP contribution in [0.15, 0.2) is 48.5 Å². The zero-order valence-corrected chi connectivity index (χ0v) is 22.1. The van der Waals surface area contributed by atoms with Crippen molar-refractivity contribution in [3.63, 3.8) is 0 Å². The van der Waals surface area contributed by atoms with Crippen LogP contribution in [0.2, 0.25) is 5.02 Å². The highest BCUT2D eigenvalue weighted by Crippen LogP contribution is 2.57. The standard InChI is InChI=1S/C30H36ClNO3/c1-29(2)14-22-27(24(33)16-29)26(18-6-8-19(31)9-7-18)28-23(15-30(3,4)17-25(28)34)32(22)20-10-12-21(35-5)13-11-20/h6-13,22-23,26-28H,14-17H2,1-5H3. The average Bonchev–Trinajstić information content (AvgIpc) is 2.77. The van der Waals surface area contributed by atoms with Gasteiger partial charge in [-0.1, -0.05) is 51.4 Å². The van der Waals surface area contributed by atoms with E-state index in [0.29, 0.717) is 17.9 Å². The van der Waals surface area contributed by atoms with Crippen LogP contribution in [-0.4, -0.2) is 30.8 Å². The molecule has 3 fully saturated rings. The molecular formula is C30H36ClNO3. The average molecular weight is 494 g/mol. The highest BCUT2D eigenvalue weighted by molar-refractivity contribution is 6.30. The predicted molar refractivity (Wildman–Crippen MR) is 140 cm³/mol. The molecule has 4 atom stereocenters. The first-order chi connectivity index (χ1) is 16.5. The summed E-state index contributed by atoms with van der Waals surface area (Å²) in [5.74, 6) is 0.791. The van der Waals surface area contributed by atoms with E-state index >= 15 is 0 Å². The Labute approximate surface area is 214 Å². The summed E-state index contributed by atoms with van der Waals surface area (Å²) >= 11 is 6.23. The maximum atomic E-state index is 13.9. The number of carbonyl (C=O) groups is 2. The summed E-state index contributed by atoms with van der Waals surface area (Å²) in [6.07, 6.45) is 2.92. The highest BCUT2D eigenvalue weighted by Gasteiger charge is 2.59. The summed E-state index contributed by atoms with van der Waals surface area (Å²) in [4.78, 5) is 30.3. The zero-order chi connectivity index (χ0) is 25.1. The summed E-state index contributed by atoms with van der Waals surface area (Å²) in [7, 11) is 1.67. The van der Waals surface area contributed by atoms with Crippen molar-refractivity contribution in [3.05, 3.63) is 59.1 Å². The summed E-state index contributed by atoms with van der Waals surface area (Å²) in [6.45, 7) is 8.80. The number of fused-ring (bicyclic) bond motifs is 2. The topological polar surface area (TPSA) is 46.6 Å². The number of anilines is 1.